The fourth-order valence-corrected chi connectivity index (χ4v) is 1.43. The highest BCUT2D eigenvalue weighted by Crippen LogP contribution is 2.34. The van der Waals surface area contributed by atoms with Gasteiger partial charge in [-0.1, -0.05) is 36.2 Å². The Bertz CT molecular complexity index is 229. The number of aryl methyl sites for hydroxylation is 1. The molecule has 0 saturated heterocycles. The Morgan fingerprint density at radius 1 is 1.00 bits per heavy atom. The third-order valence-corrected chi connectivity index (χ3v) is 2.42. The smallest absolute Gasteiger partial charge is 0.00498 e. The standard InChI is InChI=1S/C11H13/c1-9-5-7-11(8-6-9)10-3-2-4-10/h5-8H,2-4H2,1H3. The zero-order valence-corrected chi connectivity index (χ0v) is 6.93. The molecule has 0 aromatic heterocycles. The monoisotopic (exact) mass is 145 g/mol. The summed E-state index contributed by atoms with van der Waals surface area (Å²) in [5.74, 6) is 1.64. The number of hydrogen-bond donors (Lipinski definition) is 0. The van der Waals surface area contributed by atoms with E-state index < -0.39 is 0 Å². The van der Waals surface area contributed by atoms with Crippen LogP contribution in [0.2, 0.25) is 0 Å². The summed E-state index contributed by atoms with van der Waals surface area (Å²) in [5, 5.41) is 0. The third kappa shape index (κ3) is 1.30. The van der Waals surface area contributed by atoms with Gasteiger partial charge in [0.05, 0.1) is 0 Å². The van der Waals surface area contributed by atoms with Gasteiger partial charge in [0, 0.05) is 5.92 Å². The van der Waals surface area contributed by atoms with Crippen LogP contribution in [0.1, 0.15) is 30.4 Å². The molecule has 0 heterocycles. The summed E-state index contributed by atoms with van der Waals surface area (Å²) < 4.78 is 0. The maximum absolute atomic E-state index is 2.24. The van der Waals surface area contributed by atoms with Crippen molar-refractivity contribution >= 4 is 0 Å². The van der Waals surface area contributed by atoms with Gasteiger partial charge in [-0.05, 0) is 25.3 Å². The van der Waals surface area contributed by atoms with Gasteiger partial charge in [0.15, 0.2) is 0 Å². The minimum absolute atomic E-state index is 1.32. The van der Waals surface area contributed by atoms with E-state index in [0.29, 0.717) is 0 Å². The SMILES string of the molecule is Cc1ccc([C]2CCC2)cc1. The average Bonchev–Trinajstić information content (AvgIpc) is 1.90. The van der Waals surface area contributed by atoms with Crippen molar-refractivity contribution < 1.29 is 0 Å². The Balaban J connectivity index is 2.18. The summed E-state index contributed by atoms with van der Waals surface area (Å²) in [6.07, 6.45) is 4.04. The topological polar surface area (TPSA) is 0 Å². The Morgan fingerprint density at radius 2 is 1.64 bits per heavy atom. The number of benzene rings is 1. The molecule has 1 aliphatic rings. The van der Waals surface area contributed by atoms with E-state index in [1.54, 1.807) is 5.92 Å². The molecule has 1 aromatic carbocycles. The quantitative estimate of drug-likeness (QED) is 0.569. The van der Waals surface area contributed by atoms with Gasteiger partial charge in [-0.15, -0.1) is 0 Å². The first-order chi connectivity index (χ1) is 5.36. The van der Waals surface area contributed by atoms with Crippen molar-refractivity contribution in [3.8, 4) is 0 Å². The van der Waals surface area contributed by atoms with Crippen molar-refractivity contribution in [3.05, 3.63) is 41.3 Å². The largest absolute Gasteiger partial charge is 0.0590 e. The second-order valence-corrected chi connectivity index (χ2v) is 3.32. The van der Waals surface area contributed by atoms with Crippen molar-refractivity contribution in [2.45, 2.75) is 26.2 Å². The summed E-state index contributed by atoms with van der Waals surface area (Å²) in [5.41, 5.74) is 2.82. The van der Waals surface area contributed by atoms with Gasteiger partial charge in [-0.2, -0.15) is 0 Å². The van der Waals surface area contributed by atoms with Gasteiger partial charge < -0.3 is 0 Å². The van der Waals surface area contributed by atoms with Crippen LogP contribution in [0, 0.1) is 12.8 Å². The van der Waals surface area contributed by atoms with Crippen LogP contribution in [0.4, 0.5) is 0 Å². The van der Waals surface area contributed by atoms with Crippen LogP contribution in [0.3, 0.4) is 0 Å². The molecular formula is C11H13. The molecule has 0 N–H and O–H groups in total. The molecule has 1 radical (unpaired) electrons. The van der Waals surface area contributed by atoms with Gasteiger partial charge in [0.1, 0.15) is 0 Å². The Labute approximate surface area is 68.3 Å². The Hall–Kier alpha value is -0.780. The van der Waals surface area contributed by atoms with Crippen molar-refractivity contribution in [2.75, 3.05) is 0 Å². The van der Waals surface area contributed by atoms with Gasteiger partial charge in [-0.3, -0.25) is 0 Å². The predicted octanol–water partition coefficient (Wildman–Crippen LogP) is 3.10. The first kappa shape index (κ1) is 6.90. The molecule has 0 unspecified atom stereocenters. The lowest BCUT2D eigenvalue weighted by molar-refractivity contribution is 0.577. The zero-order chi connectivity index (χ0) is 7.68. The van der Waals surface area contributed by atoms with E-state index in [2.05, 4.69) is 31.2 Å². The summed E-state index contributed by atoms with van der Waals surface area (Å²) in [6.45, 7) is 2.13. The Morgan fingerprint density at radius 3 is 2.09 bits per heavy atom. The first-order valence-corrected chi connectivity index (χ1v) is 4.28. The molecule has 1 saturated carbocycles. The molecule has 0 atom stereocenters. The van der Waals surface area contributed by atoms with Crippen LogP contribution in [0.15, 0.2) is 24.3 Å². The van der Waals surface area contributed by atoms with Crippen molar-refractivity contribution in [1.29, 1.82) is 0 Å². The summed E-state index contributed by atoms with van der Waals surface area (Å²) >= 11 is 0. The number of hydrogen-bond acceptors (Lipinski definition) is 0. The second kappa shape index (κ2) is 2.69. The van der Waals surface area contributed by atoms with Gasteiger partial charge >= 0.3 is 0 Å². The molecule has 2 rings (SSSR count). The fourth-order valence-electron chi connectivity index (χ4n) is 1.43. The molecule has 0 aliphatic heterocycles. The first-order valence-electron chi connectivity index (χ1n) is 4.28. The van der Waals surface area contributed by atoms with Crippen LogP contribution in [-0.2, 0) is 0 Å². The molecule has 0 amide bonds. The molecule has 0 nitrogen and oxygen atoms in total. The molecule has 0 heteroatoms. The van der Waals surface area contributed by atoms with Crippen molar-refractivity contribution in [3.63, 3.8) is 0 Å². The summed E-state index contributed by atoms with van der Waals surface area (Å²) in [7, 11) is 0. The maximum atomic E-state index is 2.24. The molecular weight excluding hydrogens is 132 g/mol. The van der Waals surface area contributed by atoms with Crippen molar-refractivity contribution in [1.82, 2.24) is 0 Å². The molecule has 1 aliphatic carbocycles. The highest BCUT2D eigenvalue weighted by atomic mass is 14.2. The van der Waals surface area contributed by atoms with Crippen LogP contribution >= 0.6 is 0 Å². The molecule has 0 bridgehead atoms. The van der Waals surface area contributed by atoms with E-state index in [4.69, 9.17) is 0 Å². The Kier molecular flexibility index (Phi) is 1.69. The van der Waals surface area contributed by atoms with E-state index in [1.165, 1.54) is 30.4 Å². The van der Waals surface area contributed by atoms with Crippen LogP contribution in [0.25, 0.3) is 0 Å². The normalized spacial score (nSPS) is 17.9. The lowest BCUT2D eigenvalue weighted by atomic mass is 9.80. The summed E-state index contributed by atoms with van der Waals surface area (Å²) in [4.78, 5) is 0. The summed E-state index contributed by atoms with van der Waals surface area (Å²) in [6, 6.07) is 8.87. The van der Waals surface area contributed by atoms with E-state index in [0.717, 1.165) is 0 Å². The second-order valence-electron chi connectivity index (χ2n) is 3.32. The van der Waals surface area contributed by atoms with E-state index in [-0.39, 0.29) is 0 Å². The minimum Gasteiger partial charge on any atom is -0.0590 e. The molecule has 0 spiro atoms. The molecule has 11 heavy (non-hydrogen) atoms. The van der Waals surface area contributed by atoms with Crippen LogP contribution < -0.4 is 0 Å². The lowest BCUT2D eigenvalue weighted by Gasteiger charge is -2.24. The van der Waals surface area contributed by atoms with Crippen LogP contribution in [-0.4, -0.2) is 0 Å². The number of rotatable bonds is 1. The average molecular weight is 145 g/mol. The lowest BCUT2D eigenvalue weighted by Crippen LogP contribution is -2.09. The molecule has 1 aromatic rings. The highest BCUT2D eigenvalue weighted by Gasteiger charge is 2.19. The predicted molar refractivity (Wildman–Crippen MR) is 47.4 cm³/mol. The van der Waals surface area contributed by atoms with Crippen LogP contribution in [0.5, 0.6) is 0 Å². The van der Waals surface area contributed by atoms with E-state index >= 15 is 0 Å². The fraction of sp³-hybridized carbons (Fsp3) is 0.364. The van der Waals surface area contributed by atoms with Crippen molar-refractivity contribution in [2.24, 2.45) is 0 Å². The van der Waals surface area contributed by atoms with Gasteiger partial charge in [-0.25, -0.2) is 0 Å². The molecule has 1 fully saturated rings. The third-order valence-electron chi connectivity index (χ3n) is 2.42. The highest BCUT2D eigenvalue weighted by molar-refractivity contribution is 5.35. The maximum Gasteiger partial charge on any atom is 0.00498 e. The van der Waals surface area contributed by atoms with Gasteiger partial charge in [0.25, 0.3) is 0 Å². The van der Waals surface area contributed by atoms with E-state index in [1.807, 2.05) is 0 Å². The van der Waals surface area contributed by atoms with E-state index in [9.17, 15) is 0 Å². The molecule has 57 valence electrons. The zero-order valence-electron chi connectivity index (χ0n) is 6.93. The minimum atomic E-state index is 1.32. The van der Waals surface area contributed by atoms with Gasteiger partial charge in [0.2, 0.25) is 0 Å².